The summed E-state index contributed by atoms with van der Waals surface area (Å²) >= 11 is 6.35. The molecular formula is C25H36ClN3O2. The second kappa shape index (κ2) is 11.9. The van der Waals surface area contributed by atoms with Crippen LogP contribution in [0.15, 0.2) is 42.6 Å². The minimum atomic E-state index is -0.0124. The molecule has 0 unspecified atom stereocenters. The van der Waals surface area contributed by atoms with E-state index in [-0.39, 0.29) is 18.4 Å². The molecule has 0 aliphatic heterocycles. The summed E-state index contributed by atoms with van der Waals surface area (Å²) in [6.45, 7) is 12.7. The number of carbonyl (C=O) groups excluding carboxylic acids is 2. The molecule has 0 atom stereocenters. The molecule has 0 N–H and O–H groups in total. The highest BCUT2D eigenvalue weighted by atomic mass is 35.5. The summed E-state index contributed by atoms with van der Waals surface area (Å²) in [5.41, 5.74) is 2.09. The van der Waals surface area contributed by atoms with E-state index in [1.807, 2.05) is 54.4 Å². The molecule has 6 heteroatoms. The fourth-order valence-corrected chi connectivity index (χ4v) is 3.83. The Labute approximate surface area is 192 Å². The Balaban J connectivity index is 2.18. The van der Waals surface area contributed by atoms with Crippen LogP contribution in [0.25, 0.3) is 0 Å². The summed E-state index contributed by atoms with van der Waals surface area (Å²) in [6.07, 6.45) is 2.42. The number of halogens is 1. The van der Waals surface area contributed by atoms with Crippen molar-refractivity contribution in [2.24, 2.45) is 11.8 Å². The Morgan fingerprint density at radius 1 is 0.935 bits per heavy atom. The van der Waals surface area contributed by atoms with Gasteiger partial charge in [-0.3, -0.25) is 9.59 Å². The Hall–Kier alpha value is -2.27. The summed E-state index contributed by atoms with van der Waals surface area (Å²) in [7, 11) is 0. The molecule has 1 heterocycles. The molecule has 0 fully saturated rings. The third kappa shape index (κ3) is 7.73. The van der Waals surface area contributed by atoms with Gasteiger partial charge in [0.15, 0.2) is 0 Å². The molecule has 0 spiro atoms. The highest BCUT2D eigenvalue weighted by Crippen LogP contribution is 2.18. The van der Waals surface area contributed by atoms with E-state index >= 15 is 0 Å². The Bertz CT molecular complexity index is 860. The van der Waals surface area contributed by atoms with Gasteiger partial charge in [0.05, 0.1) is 13.1 Å². The minimum Gasteiger partial charge on any atom is -0.345 e. The molecule has 2 amide bonds. The highest BCUT2D eigenvalue weighted by molar-refractivity contribution is 6.31. The van der Waals surface area contributed by atoms with Gasteiger partial charge in [0.2, 0.25) is 11.8 Å². The van der Waals surface area contributed by atoms with Crippen LogP contribution in [-0.2, 0) is 22.7 Å². The van der Waals surface area contributed by atoms with Gasteiger partial charge in [-0.1, -0.05) is 64.4 Å². The van der Waals surface area contributed by atoms with E-state index in [1.54, 1.807) is 4.90 Å². The van der Waals surface area contributed by atoms with Crippen molar-refractivity contribution in [3.05, 3.63) is 58.9 Å². The number of hydrogen-bond acceptors (Lipinski definition) is 2. The molecule has 0 aliphatic carbocycles. The minimum absolute atomic E-state index is 0.0124. The molecule has 5 nitrogen and oxygen atoms in total. The predicted molar refractivity (Wildman–Crippen MR) is 127 cm³/mol. The lowest BCUT2D eigenvalue weighted by atomic mass is 10.1. The summed E-state index contributed by atoms with van der Waals surface area (Å²) < 4.78 is 2.13. The smallest absolute Gasteiger partial charge is 0.242 e. The highest BCUT2D eigenvalue weighted by Gasteiger charge is 2.22. The number of amides is 2. The lowest BCUT2D eigenvalue weighted by Crippen LogP contribution is -2.45. The van der Waals surface area contributed by atoms with Crippen LogP contribution < -0.4 is 0 Å². The van der Waals surface area contributed by atoms with Crippen molar-refractivity contribution in [3.8, 4) is 0 Å². The third-order valence-electron chi connectivity index (χ3n) is 5.08. The van der Waals surface area contributed by atoms with Crippen LogP contribution in [0.4, 0.5) is 0 Å². The number of aromatic nitrogens is 1. The molecular weight excluding hydrogens is 410 g/mol. The molecule has 1 aromatic carbocycles. The zero-order chi connectivity index (χ0) is 23.0. The molecule has 1 aromatic heterocycles. The second-order valence-electron chi connectivity index (χ2n) is 8.91. The third-order valence-corrected chi connectivity index (χ3v) is 5.45. The van der Waals surface area contributed by atoms with E-state index in [0.717, 1.165) is 16.3 Å². The van der Waals surface area contributed by atoms with E-state index < -0.39 is 0 Å². The van der Waals surface area contributed by atoms with Crippen LogP contribution in [0.2, 0.25) is 5.02 Å². The van der Waals surface area contributed by atoms with Crippen LogP contribution in [-0.4, -0.2) is 45.8 Å². The Morgan fingerprint density at radius 2 is 1.58 bits per heavy atom. The first kappa shape index (κ1) is 25.0. The molecule has 0 bridgehead atoms. The zero-order valence-corrected chi connectivity index (χ0v) is 20.2. The van der Waals surface area contributed by atoms with Crippen LogP contribution in [0.5, 0.6) is 0 Å². The number of nitrogens with zero attached hydrogens (tertiary/aromatic N) is 3. The van der Waals surface area contributed by atoms with Crippen molar-refractivity contribution in [3.63, 3.8) is 0 Å². The lowest BCUT2D eigenvalue weighted by molar-refractivity contribution is -0.141. The van der Waals surface area contributed by atoms with Gasteiger partial charge in [0, 0.05) is 43.0 Å². The van der Waals surface area contributed by atoms with Gasteiger partial charge < -0.3 is 14.4 Å². The first-order valence-electron chi connectivity index (χ1n) is 11.1. The van der Waals surface area contributed by atoms with Crippen LogP contribution >= 0.6 is 11.6 Å². The first-order chi connectivity index (χ1) is 14.7. The second-order valence-corrected chi connectivity index (χ2v) is 9.32. The van der Waals surface area contributed by atoms with Gasteiger partial charge in [-0.15, -0.1) is 0 Å². The van der Waals surface area contributed by atoms with Gasteiger partial charge in [-0.2, -0.15) is 0 Å². The number of rotatable bonds is 11. The van der Waals surface area contributed by atoms with Crippen LogP contribution in [0.1, 0.15) is 52.3 Å². The molecule has 170 valence electrons. The largest absolute Gasteiger partial charge is 0.345 e. The Morgan fingerprint density at radius 3 is 2.19 bits per heavy atom. The molecule has 2 aromatic rings. The van der Waals surface area contributed by atoms with Crippen molar-refractivity contribution in [2.75, 3.05) is 19.6 Å². The summed E-state index contributed by atoms with van der Waals surface area (Å²) in [5.74, 6) is 0.654. The van der Waals surface area contributed by atoms with Gasteiger partial charge in [0.1, 0.15) is 0 Å². The molecule has 0 saturated heterocycles. The number of hydrogen-bond donors (Lipinski definition) is 0. The fraction of sp³-hybridized carbons (Fsp3) is 0.520. The van der Waals surface area contributed by atoms with E-state index in [0.29, 0.717) is 44.4 Å². The number of benzene rings is 1. The summed E-state index contributed by atoms with van der Waals surface area (Å²) in [5, 5.41) is 0.736. The van der Waals surface area contributed by atoms with Crippen molar-refractivity contribution < 1.29 is 9.59 Å². The summed E-state index contributed by atoms with van der Waals surface area (Å²) in [4.78, 5) is 29.2. The average Bonchev–Trinajstić information content (AvgIpc) is 3.14. The van der Waals surface area contributed by atoms with Crippen molar-refractivity contribution in [1.29, 1.82) is 0 Å². The fourth-order valence-electron chi connectivity index (χ4n) is 3.63. The van der Waals surface area contributed by atoms with Crippen molar-refractivity contribution >= 4 is 23.4 Å². The average molecular weight is 446 g/mol. The molecule has 2 rings (SSSR count). The van der Waals surface area contributed by atoms with Gasteiger partial charge in [0.25, 0.3) is 0 Å². The first-order valence-corrected chi connectivity index (χ1v) is 11.5. The molecule has 31 heavy (non-hydrogen) atoms. The molecule has 0 saturated carbocycles. The van der Waals surface area contributed by atoms with E-state index in [1.165, 1.54) is 0 Å². The van der Waals surface area contributed by atoms with Gasteiger partial charge >= 0.3 is 0 Å². The van der Waals surface area contributed by atoms with Gasteiger partial charge in [-0.25, -0.2) is 0 Å². The quantitative estimate of drug-likeness (QED) is 0.484. The van der Waals surface area contributed by atoms with E-state index in [4.69, 9.17) is 11.6 Å². The standard InChI is InChI=1S/C25H36ClN3O2/c1-6-24(30)29(15-20(4)5)18-25(31)28(14-19(2)3)17-22-11-9-13-27(22)16-21-10-7-8-12-23(21)26/h7-13,19-20H,6,14-18H2,1-5H3. The maximum atomic E-state index is 13.2. The number of carbonyl (C=O) groups is 2. The topological polar surface area (TPSA) is 45.6 Å². The predicted octanol–water partition coefficient (Wildman–Crippen LogP) is 5.07. The molecule has 0 aliphatic rings. The van der Waals surface area contributed by atoms with Crippen LogP contribution in [0.3, 0.4) is 0 Å². The van der Waals surface area contributed by atoms with E-state index in [9.17, 15) is 9.59 Å². The SMILES string of the molecule is CCC(=O)N(CC(=O)N(Cc1cccn1Cc1ccccc1Cl)CC(C)C)CC(C)C. The van der Waals surface area contributed by atoms with Crippen molar-refractivity contribution in [2.45, 2.75) is 54.1 Å². The maximum absolute atomic E-state index is 13.2. The normalized spacial score (nSPS) is 11.2. The van der Waals surface area contributed by atoms with Crippen LogP contribution in [0, 0.1) is 11.8 Å². The zero-order valence-electron chi connectivity index (χ0n) is 19.5. The van der Waals surface area contributed by atoms with Gasteiger partial charge in [-0.05, 0) is 35.6 Å². The summed E-state index contributed by atoms with van der Waals surface area (Å²) in [6, 6.07) is 11.8. The van der Waals surface area contributed by atoms with Crippen molar-refractivity contribution in [1.82, 2.24) is 14.4 Å². The van der Waals surface area contributed by atoms with E-state index in [2.05, 4.69) is 32.3 Å². The maximum Gasteiger partial charge on any atom is 0.242 e. The molecule has 0 radical (unpaired) electrons. The Kier molecular flexibility index (Phi) is 9.63. The monoisotopic (exact) mass is 445 g/mol. The lowest BCUT2D eigenvalue weighted by Gasteiger charge is -2.30.